The van der Waals surface area contributed by atoms with Gasteiger partial charge in [-0.1, -0.05) is 38.0 Å². The lowest BCUT2D eigenvalue weighted by atomic mass is 9.47. The van der Waals surface area contributed by atoms with Crippen LogP contribution in [-0.2, 0) is 19.1 Å². The summed E-state index contributed by atoms with van der Waals surface area (Å²) in [5.74, 6) is 0.0415. The van der Waals surface area contributed by atoms with Crippen LogP contribution in [0.5, 0.6) is 0 Å². The SMILES string of the molecule is CC1=CCOC(=O)CC(=O)OC2CCC3(C)C(CC1)C(C)=CCC3C2(C)C. The Hall–Kier alpha value is -1.58. The van der Waals surface area contributed by atoms with Crippen molar-refractivity contribution in [3.05, 3.63) is 23.3 Å². The molecule has 2 aliphatic carbocycles. The van der Waals surface area contributed by atoms with Gasteiger partial charge in [-0.15, -0.1) is 0 Å². The summed E-state index contributed by atoms with van der Waals surface area (Å²) >= 11 is 0. The van der Waals surface area contributed by atoms with Crippen LogP contribution in [0.1, 0.15) is 73.1 Å². The Morgan fingerprint density at radius 1 is 1.04 bits per heavy atom. The van der Waals surface area contributed by atoms with E-state index < -0.39 is 11.9 Å². The minimum atomic E-state index is -0.506. The summed E-state index contributed by atoms with van der Waals surface area (Å²) in [5, 5.41) is 0. The van der Waals surface area contributed by atoms with E-state index in [2.05, 4.69) is 40.7 Å². The molecule has 0 spiro atoms. The molecule has 27 heavy (non-hydrogen) atoms. The molecule has 2 aliphatic heterocycles. The molecular weight excluding hydrogens is 340 g/mol. The van der Waals surface area contributed by atoms with E-state index in [-0.39, 0.29) is 30.0 Å². The molecular formula is C23H34O4. The molecule has 0 amide bonds. The minimum absolute atomic E-state index is 0.118. The Labute approximate surface area is 163 Å². The third kappa shape index (κ3) is 3.86. The number of rotatable bonds is 0. The van der Waals surface area contributed by atoms with Crippen molar-refractivity contribution in [2.24, 2.45) is 22.7 Å². The van der Waals surface area contributed by atoms with Gasteiger partial charge in [-0.25, -0.2) is 0 Å². The van der Waals surface area contributed by atoms with Crippen LogP contribution in [0.2, 0.25) is 0 Å². The van der Waals surface area contributed by atoms with E-state index in [0.717, 1.165) is 32.1 Å². The number of hydrogen-bond acceptors (Lipinski definition) is 4. The maximum Gasteiger partial charge on any atom is 0.317 e. The van der Waals surface area contributed by atoms with Crippen LogP contribution < -0.4 is 0 Å². The molecule has 4 nitrogen and oxygen atoms in total. The molecule has 150 valence electrons. The molecule has 0 saturated heterocycles. The number of carbonyl (C=O) groups excluding carboxylic acids is 2. The molecule has 4 heteroatoms. The van der Waals surface area contributed by atoms with E-state index >= 15 is 0 Å². The van der Waals surface area contributed by atoms with Gasteiger partial charge in [-0.05, 0) is 69.3 Å². The highest BCUT2D eigenvalue weighted by atomic mass is 16.6. The summed E-state index contributed by atoms with van der Waals surface area (Å²) in [6, 6.07) is 0. The average Bonchev–Trinajstić information content (AvgIpc) is 2.56. The Balaban J connectivity index is 1.96. The van der Waals surface area contributed by atoms with Gasteiger partial charge in [0.25, 0.3) is 0 Å². The molecule has 1 saturated carbocycles. The molecule has 0 aromatic heterocycles. The van der Waals surface area contributed by atoms with Gasteiger partial charge in [0.15, 0.2) is 0 Å². The monoisotopic (exact) mass is 374 g/mol. The highest BCUT2D eigenvalue weighted by Gasteiger charge is 2.56. The van der Waals surface area contributed by atoms with E-state index in [9.17, 15) is 9.59 Å². The van der Waals surface area contributed by atoms with E-state index in [4.69, 9.17) is 9.47 Å². The van der Waals surface area contributed by atoms with Crippen molar-refractivity contribution in [1.82, 2.24) is 0 Å². The average molecular weight is 375 g/mol. The fourth-order valence-electron chi connectivity index (χ4n) is 5.91. The maximum absolute atomic E-state index is 12.3. The molecule has 4 unspecified atom stereocenters. The van der Waals surface area contributed by atoms with E-state index in [0.29, 0.717) is 11.8 Å². The number of hydrogen-bond donors (Lipinski definition) is 0. The van der Waals surface area contributed by atoms with Gasteiger partial charge in [-0.3, -0.25) is 9.59 Å². The second kappa shape index (κ2) is 7.44. The lowest BCUT2D eigenvalue weighted by Crippen LogP contribution is -2.55. The van der Waals surface area contributed by atoms with Gasteiger partial charge in [0, 0.05) is 5.41 Å². The summed E-state index contributed by atoms with van der Waals surface area (Å²) in [7, 11) is 0. The van der Waals surface area contributed by atoms with Gasteiger partial charge in [0.2, 0.25) is 0 Å². The second-order valence-electron chi connectivity index (χ2n) is 9.58. The molecule has 4 rings (SSSR count). The highest BCUT2D eigenvalue weighted by Crippen LogP contribution is 2.61. The van der Waals surface area contributed by atoms with Crippen LogP contribution in [0.25, 0.3) is 0 Å². The topological polar surface area (TPSA) is 52.6 Å². The number of allylic oxidation sites excluding steroid dienone is 3. The zero-order chi connectivity index (χ0) is 19.8. The second-order valence-corrected chi connectivity index (χ2v) is 9.58. The van der Waals surface area contributed by atoms with E-state index in [1.165, 1.54) is 11.1 Å². The van der Waals surface area contributed by atoms with Gasteiger partial charge in [0.1, 0.15) is 19.1 Å². The lowest BCUT2D eigenvalue weighted by molar-refractivity contribution is -0.176. The Kier molecular flexibility index (Phi) is 5.56. The van der Waals surface area contributed by atoms with Gasteiger partial charge < -0.3 is 9.47 Å². The van der Waals surface area contributed by atoms with Crippen molar-refractivity contribution in [3.63, 3.8) is 0 Å². The quantitative estimate of drug-likeness (QED) is 0.341. The van der Waals surface area contributed by atoms with Crippen LogP contribution in [0.3, 0.4) is 0 Å². The van der Waals surface area contributed by atoms with E-state index in [1.807, 2.05) is 6.08 Å². The predicted octanol–water partition coefficient (Wildman–Crippen LogP) is 4.98. The zero-order valence-electron chi connectivity index (χ0n) is 17.5. The molecule has 0 aromatic carbocycles. The summed E-state index contributed by atoms with van der Waals surface area (Å²) in [5.41, 5.74) is 2.85. The largest absolute Gasteiger partial charge is 0.461 e. The van der Waals surface area contributed by atoms with Crippen LogP contribution in [-0.4, -0.2) is 24.6 Å². The van der Waals surface area contributed by atoms with Crippen molar-refractivity contribution in [1.29, 1.82) is 0 Å². The first-order valence-corrected chi connectivity index (χ1v) is 10.3. The summed E-state index contributed by atoms with van der Waals surface area (Å²) in [6.45, 7) is 11.5. The first-order valence-electron chi connectivity index (χ1n) is 10.3. The zero-order valence-corrected chi connectivity index (χ0v) is 17.5. The van der Waals surface area contributed by atoms with Crippen molar-refractivity contribution in [2.45, 2.75) is 79.2 Å². The normalized spacial score (nSPS) is 37.3. The van der Waals surface area contributed by atoms with Crippen LogP contribution >= 0.6 is 0 Å². The fraction of sp³-hybridized carbons (Fsp3) is 0.739. The molecule has 2 heterocycles. The number of ether oxygens (including phenoxy) is 2. The number of fused-ring (bicyclic) bond motifs is 9. The summed E-state index contributed by atoms with van der Waals surface area (Å²) in [6.07, 6.45) is 9.01. The maximum atomic E-state index is 12.3. The Bertz CT molecular complexity index is 672. The molecule has 4 bridgehead atoms. The molecule has 0 N–H and O–H groups in total. The molecule has 4 aliphatic rings. The van der Waals surface area contributed by atoms with Gasteiger partial charge in [0.05, 0.1) is 0 Å². The third-order valence-corrected chi connectivity index (χ3v) is 7.56. The Morgan fingerprint density at radius 3 is 2.52 bits per heavy atom. The molecule has 0 aromatic rings. The van der Waals surface area contributed by atoms with Crippen LogP contribution in [0, 0.1) is 22.7 Å². The number of esters is 2. The van der Waals surface area contributed by atoms with Crippen molar-refractivity contribution in [3.8, 4) is 0 Å². The first kappa shape index (κ1) is 20.2. The standard InChI is InChI=1S/C23H34O4/c1-15-6-8-17-16(2)7-9-18-22(3,4)19(10-12-23(17,18)5)27-21(25)14-20(24)26-13-11-15/h7,11,17-19H,6,8-10,12-14H2,1-5H3. The Morgan fingerprint density at radius 2 is 1.78 bits per heavy atom. The van der Waals surface area contributed by atoms with Crippen molar-refractivity contribution < 1.29 is 19.1 Å². The van der Waals surface area contributed by atoms with Crippen LogP contribution in [0.4, 0.5) is 0 Å². The molecule has 1 fully saturated rings. The summed E-state index contributed by atoms with van der Waals surface area (Å²) < 4.78 is 11.0. The predicted molar refractivity (Wildman–Crippen MR) is 105 cm³/mol. The van der Waals surface area contributed by atoms with Gasteiger partial charge in [-0.2, -0.15) is 0 Å². The fourth-order valence-corrected chi connectivity index (χ4v) is 5.91. The first-order chi connectivity index (χ1) is 12.6. The van der Waals surface area contributed by atoms with Gasteiger partial charge >= 0.3 is 11.9 Å². The van der Waals surface area contributed by atoms with Crippen molar-refractivity contribution in [2.75, 3.05) is 6.61 Å². The van der Waals surface area contributed by atoms with Crippen molar-refractivity contribution >= 4 is 11.9 Å². The highest BCUT2D eigenvalue weighted by molar-refractivity contribution is 5.91. The number of carbonyl (C=O) groups is 2. The molecule has 4 atom stereocenters. The molecule has 0 radical (unpaired) electrons. The van der Waals surface area contributed by atoms with Crippen LogP contribution in [0.15, 0.2) is 23.3 Å². The summed E-state index contributed by atoms with van der Waals surface area (Å²) in [4.78, 5) is 24.2. The lowest BCUT2D eigenvalue weighted by Gasteiger charge is -2.59. The third-order valence-electron chi connectivity index (χ3n) is 7.56. The minimum Gasteiger partial charge on any atom is -0.461 e. The smallest absolute Gasteiger partial charge is 0.317 e. The van der Waals surface area contributed by atoms with E-state index in [1.54, 1.807) is 0 Å².